The number of nitriles is 1. The Morgan fingerprint density at radius 3 is 2.26 bits per heavy atom. The van der Waals surface area contributed by atoms with Crippen LogP contribution in [-0.2, 0) is 6.61 Å². The van der Waals surface area contributed by atoms with Crippen LogP contribution in [0.4, 0.5) is 21.7 Å². The number of halogens is 5. The normalized spacial score (nSPS) is 10.6. The molecule has 0 aliphatic heterocycles. The predicted molar refractivity (Wildman–Crippen MR) is 70.6 cm³/mol. The van der Waals surface area contributed by atoms with Crippen molar-refractivity contribution in [2.24, 2.45) is 0 Å². The number of benzene rings is 2. The molecule has 0 aliphatic carbocycles. The maximum Gasteiger partial charge on any atom is 1.00 e. The van der Waals surface area contributed by atoms with Crippen molar-refractivity contribution in [3.63, 3.8) is 0 Å². The second kappa shape index (κ2) is 8.26. The van der Waals surface area contributed by atoms with Crippen molar-refractivity contribution in [3.8, 4) is 11.8 Å². The van der Waals surface area contributed by atoms with E-state index < -0.39 is 24.1 Å². The van der Waals surface area contributed by atoms with Crippen molar-refractivity contribution in [2.45, 2.75) is 6.61 Å². The van der Waals surface area contributed by atoms with Gasteiger partial charge in [0.05, 0.1) is 11.4 Å². The molecule has 23 heavy (non-hydrogen) atoms. The summed E-state index contributed by atoms with van der Waals surface area (Å²) in [5.41, 5.74) is -1.06. The summed E-state index contributed by atoms with van der Waals surface area (Å²) in [5.74, 6) is -2.19. The van der Waals surface area contributed by atoms with Gasteiger partial charge in [-0.1, -0.05) is 17.6 Å². The molecule has 0 saturated carbocycles. The molecule has 9 heteroatoms. The minimum absolute atomic E-state index is 0. The standard InChI is InChI=1S/C14H8BF5NO.K/c16-13-4-1-9(5-10(13)7-21)8-22-11-2-3-12(14(17)6-11)15(18,19)20;/h1-6H,8H2;/q-1;+1. The van der Waals surface area contributed by atoms with Gasteiger partial charge in [-0.25, -0.2) is 8.78 Å². The fourth-order valence-electron chi connectivity index (χ4n) is 1.78. The van der Waals surface area contributed by atoms with E-state index in [0.717, 1.165) is 12.1 Å². The van der Waals surface area contributed by atoms with Crippen molar-refractivity contribution >= 4 is 12.4 Å². The molecule has 0 atom stereocenters. The van der Waals surface area contributed by atoms with Gasteiger partial charge in [0, 0.05) is 6.07 Å². The van der Waals surface area contributed by atoms with Crippen LogP contribution in [0.3, 0.4) is 0 Å². The van der Waals surface area contributed by atoms with E-state index in [0.29, 0.717) is 17.7 Å². The van der Waals surface area contributed by atoms with E-state index in [2.05, 4.69) is 0 Å². The summed E-state index contributed by atoms with van der Waals surface area (Å²) in [6, 6.07) is 7.59. The maximum absolute atomic E-state index is 13.4. The molecule has 0 radical (unpaired) electrons. The van der Waals surface area contributed by atoms with Gasteiger partial charge in [-0.3, -0.25) is 0 Å². The smallest absolute Gasteiger partial charge is 0.489 e. The Morgan fingerprint density at radius 1 is 1.00 bits per heavy atom. The van der Waals surface area contributed by atoms with Gasteiger partial charge in [-0.05, 0) is 23.8 Å². The van der Waals surface area contributed by atoms with Crippen LogP contribution >= 0.6 is 0 Å². The van der Waals surface area contributed by atoms with E-state index in [1.807, 2.05) is 0 Å². The van der Waals surface area contributed by atoms with Gasteiger partial charge in [-0.2, -0.15) is 5.26 Å². The largest absolute Gasteiger partial charge is 1.00 e. The summed E-state index contributed by atoms with van der Waals surface area (Å²) in [5, 5.41) is 8.69. The van der Waals surface area contributed by atoms with Crippen LogP contribution in [0.2, 0.25) is 0 Å². The third-order valence-corrected chi connectivity index (χ3v) is 2.88. The molecular weight excluding hydrogens is 343 g/mol. The zero-order chi connectivity index (χ0) is 16.3. The zero-order valence-corrected chi connectivity index (χ0v) is 15.1. The Balaban J connectivity index is 0.00000264. The SMILES string of the molecule is N#Cc1cc(COc2ccc([B-](F)(F)F)c(F)c2)ccc1F.[K+]. The molecule has 0 N–H and O–H groups in total. The molecule has 0 fully saturated rings. The van der Waals surface area contributed by atoms with Gasteiger partial charge in [0.15, 0.2) is 0 Å². The van der Waals surface area contributed by atoms with E-state index in [-0.39, 0.29) is 69.3 Å². The summed E-state index contributed by atoms with van der Waals surface area (Å²) in [6.07, 6.45) is 0. The molecule has 0 bridgehead atoms. The van der Waals surface area contributed by atoms with Crippen molar-refractivity contribution < 1.29 is 77.8 Å². The summed E-state index contributed by atoms with van der Waals surface area (Å²) in [6.45, 7) is -5.56. The Labute approximate surface area is 171 Å². The maximum atomic E-state index is 13.4. The zero-order valence-electron chi connectivity index (χ0n) is 12.0. The van der Waals surface area contributed by atoms with E-state index in [1.165, 1.54) is 12.1 Å². The van der Waals surface area contributed by atoms with Crippen LogP contribution in [0.15, 0.2) is 36.4 Å². The fourth-order valence-corrected chi connectivity index (χ4v) is 1.78. The quantitative estimate of drug-likeness (QED) is 0.593. The van der Waals surface area contributed by atoms with Crippen LogP contribution in [-0.4, -0.2) is 6.98 Å². The first-order valence-electron chi connectivity index (χ1n) is 6.12. The second-order valence-electron chi connectivity index (χ2n) is 4.47. The monoisotopic (exact) mass is 351 g/mol. The fraction of sp³-hybridized carbons (Fsp3) is 0.0714. The molecular formula is C14H8BF5KNO. The average molecular weight is 351 g/mol. The topological polar surface area (TPSA) is 33.0 Å². The Hall–Kier alpha value is -0.919. The van der Waals surface area contributed by atoms with E-state index >= 15 is 0 Å². The summed E-state index contributed by atoms with van der Waals surface area (Å²) >= 11 is 0. The summed E-state index contributed by atoms with van der Waals surface area (Å²) in [4.78, 5) is 0. The number of hydrogen-bond donors (Lipinski definition) is 0. The number of nitrogens with zero attached hydrogens (tertiary/aromatic N) is 1. The Bertz CT molecular complexity index is 745. The third-order valence-electron chi connectivity index (χ3n) is 2.88. The Kier molecular flexibility index (Phi) is 7.23. The first kappa shape index (κ1) is 20.1. The van der Waals surface area contributed by atoms with Crippen LogP contribution in [0.1, 0.15) is 11.1 Å². The Morgan fingerprint density at radius 2 is 1.70 bits per heavy atom. The van der Waals surface area contributed by atoms with Crippen molar-refractivity contribution in [3.05, 3.63) is 59.2 Å². The van der Waals surface area contributed by atoms with Gasteiger partial charge >= 0.3 is 58.4 Å². The molecule has 2 aromatic rings. The van der Waals surface area contributed by atoms with Crippen LogP contribution in [0.5, 0.6) is 5.75 Å². The molecule has 0 unspecified atom stereocenters. The van der Waals surface area contributed by atoms with Crippen molar-refractivity contribution in [2.75, 3.05) is 0 Å². The molecule has 0 aliphatic rings. The number of ether oxygens (including phenoxy) is 1. The minimum Gasteiger partial charge on any atom is -0.489 e. The molecule has 0 amide bonds. The second-order valence-corrected chi connectivity index (χ2v) is 4.47. The van der Waals surface area contributed by atoms with E-state index in [4.69, 9.17) is 10.00 Å². The van der Waals surface area contributed by atoms with Crippen LogP contribution in [0.25, 0.3) is 0 Å². The van der Waals surface area contributed by atoms with Gasteiger partial charge in [0.1, 0.15) is 24.2 Å². The van der Waals surface area contributed by atoms with Gasteiger partial charge in [0.25, 0.3) is 0 Å². The number of rotatable bonds is 4. The minimum atomic E-state index is -5.42. The molecule has 0 heterocycles. The third kappa shape index (κ3) is 5.29. The average Bonchev–Trinajstić information content (AvgIpc) is 2.45. The van der Waals surface area contributed by atoms with Crippen molar-refractivity contribution in [1.29, 1.82) is 5.26 Å². The molecule has 2 aromatic carbocycles. The molecule has 0 spiro atoms. The number of hydrogen-bond acceptors (Lipinski definition) is 2. The van der Waals surface area contributed by atoms with Gasteiger partial charge < -0.3 is 17.7 Å². The molecule has 0 saturated heterocycles. The summed E-state index contributed by atoms with van der Waals surface area (Å²) < 4.78 is 69.0. The first-order chi connectivity index (χ1) is 10.3. The molecule has 2 nitrogen and oxygen atoms in total. The van der Waals surface area contributed by atoms with Crippen molar-refractivity contribution in [1.82, 2.24) is 0 Å². The van der Waals surface area contributed by atoms with Gasteiger partial charge in [0.2, 0.25) is 0 Å². The van der Waals surface area contributed by atoms with E-state index in [9.17, 15) is 21.7 Å². The van der Waals surface area contributed by atoms with E-state index in [1.54, 1.807) is 6.07 Å². The molecule has 2 rings (SSSR count). The van der Waals surface area contributed by atoms with Gasteiger partial charge in [-0.15, -0.1) is 0 Å². The van der Waals surface area contributed by atoms with Crippen LogP contribution < -0.4 is 61.6 Å². The first-order valence-corrected chi connectivity index (χ1v) is 6.12. The summed E-state index contributed by atoms with van der Waals surface area (Å²) in [7, 11) is 0. The van der Waals surface area contributed by atoms with Crippen LogP contribution in [0, 0.1) is 23.0 Å². The predicted octanol–water partition coefficient (Wildman–Crippen LogP) is 0.474. The molecule has 114 valence electrons. The molecule has 0 aromatic heterocycles.